The third-order valence-electron chi connectivity index (χ3n) is 3.74. The number of nitrogens with zero attached hydrogens (tertiary/aromatic N) is 2. The molecule has 1 amide bonds. The maximum atomic E-state index is 12.6. The number of carbonyl (C=O) groups is 1. The van der Waals surface area contributed by atoms with Crippen molar-refractivity contribution in [3.63, 3.8) is 0 Å². The van der Waals surface area contributed by atoms with Crippen molar-refractivity contribution < 1.29 is 4.79 Å². The number of hydrogen-bond acceptors (Lipinski definition) is 3. The van der Waals surface area contributed by atoms with Crippen LogP contribution in [0.5, 0.6) is 0 Å². The summed E-state index contributed by atoms with van der Waals surface area (Å²) in [5.41, 5.74) is 1.46. The van der Waals surface area contributed by atoms with Crippen molar-refractivity contribution in [2.24, 2.45) is 0 Å². The molecule has 0 saturated carbocycles. The standard InChI is InChI=1S/C17H14Cl2N2OS/c1-10(16-20-14-5-3-4-6-15(14)23-16)21(2)17(22)11-7-8-12(18)13(19)9-11/h3-10H,1-2H3. The Morgan fingerprint density at radius 1 is 1.17 bits per heavy atom. The molecular weight excluding hydrogens is 351 g/mol. The van der Waals surface area contributed by atoms with Gasteiger partial charge in [0, 0.05) is 12.6 Å². The second-order valence-corrected chi connectivity index (χ2v) is 7.12. The second-order valence-electron chi connectivity index (χ2n) is 5.24. The number of fused-ring (bicyclic) bond motifs is 1. The highest BCUT2D eigenvalue weighted by molar-refractivity contribution is 7.18. The zero-order valence-corrected chi connectivity index (χ0v) is 14.9. The predicted octanol–water partition coefficient (Wildman–Crippen LogP) is 5.44. The van der Waals surface area contributed by atoms with Crippen LogP contribution in [0.2, 0.25) is 10.0 Å². The summed E-state index contributed by atoms with van der Waals surface area (Å²) < 4.78 is 1.12. The van der Waals surface area contributed by atoms with Crippen molar-refractivity contribution in [2.45, 2.75) is 13.0 Å². The summed E-state index contributed by atoms with van der Waals surface area (Å²) in [7, 11) is 1.77. The molecule has 3 nitrogen and oxygen atoms in total. The van der Waals surface area contributed by atoms with E-state index in [0.29, 0.717) is 15.6 Å². The fourth-order valence-corrected chi connectivity index (χ4v) is 3.60. The van der Waals surface area contributed by atoms with E-state index >= 15 is 0 Å². The minimum Gasteiger partial charge on any atom is -0.333 e. The van der Waals surface area contributed by atoms with Gasteiger partial charge in [-0.2, -0.15) is 0 Å². The van der Waals surface area contributed by atoms with Gasteiger partial charge in [-0.1, -0.05) is 35.3 Å². The third-order valence-corrected chi connectivity index (χ3v) is 5.68. The molecule has 6 heteroatoms. The van der Waals surface area contributed by atoms with Crippen molar-refractivity contribution in [3.05, 3.63) is 63.1 Å². The van der Waals surface area contributed by atoms with Gasteiger partial charge in [0.15, 0.2) is 0 Å². The van der Waals surface area contributed by atoms with Gasteiger partial charge in [-0.25, -0.2) is 4.98 Å². The van der Waals surface area contributed by atoms with Crippen LogP contribution in [0.15, 0.2) is 42.5 Å². The maximum absolute atomic E-state index is 12.6. The summed E-state index contributed by atoms with van der Waals surface area (Å²) in [5, 5.41) is 1.71. The smallest absolute Gasteiger partial charge is 0.254 e. The Bertz CT molecular complexity index is 845. The molecular formula is C17H14Cl2N2OS. The average molecular weight is 365 g/mol. The van der Waals surface area contributed by atoms with Crippen LogP contribution in [0.3, 0.4) is 0 Å². The van der Waals surface area contributed by atoms with E-state index in [2.05, 4.69) is 4.98 Å². The number of benzene rings is 2. The summed E-state index contributed by atoms with van der Waals surface area (Å²) in [6.07, 6.45) is 0. The molecule has 0 aliphatic heterocycles. The summed E-state index contributed by atoms with van der Waals surface area (Å²) in [5.74, 6) is -0.115. The Morgan fingerprint density at radius 3 is 2.61 bits per heavy atom. The van der Waals surface area contributed by atoms with Gasteiger partial charge in [0.25, 0.3) is 5.91 Å². The lowest BCUT2D eigenvalue weighted by Crippen LogP contribution is -2.29. The molecule has 0 aliphatic rings. The van der Waals surface area contributed by atoms with Crippen LogP contribution in [0, 0.1) is 0 Å². The van der Waals surface area contributed by atoms with E-state index < -0.39 is 0 Å². The van der Waals surface area contributed by atoms with Crippen LogP contribution in [-0.2, 0) is 0 Å². The molecule has 0 radical (unpaired) electrons. The Kier molecular flexibility index (Phi) is 4.57. The monoisotopic (exact) mass is 364 g/mol. The summed E-state index contributed by atoms with van der Waals surface area (Å²) in [6.45, 7) is 1.97. The van der Waals surface area contributed by atoms with Crippen molar-refractivity contribution in [1.82, 2.24) is 9.88 Å². The number of rotatable bonds is 3. The highest BCUT2D eigenvalue weighted by Gasteiger charge is 2.22. The number of amides is 1. The molecule has 1 unspecified atom stereocenters. The Balaban J connectivity index is 1.87. The van der Waals surface area contributed by atoms with E-state index in [1.54, 1.807) is 41.5 Å². The van der Waals surface area contributed by atoms with Crippen molar-refractivity contribution >= 4 is 50.7 Å². The molecule has 2 aromatic carbocycles. The molecule has 0 aliphatic carbocycles. The Morgan fingerprint density at radius 2 is 1.91 bits per heavy atom. The molecule has 1 aromatic heterocycles. The highest BCUT2D eigenvalue weighted by atomic mass is 35.5. The van der Waals surface area contributed by atoms with E-state index in [9.17, 15) is 4.79 Å². The fourth-order valence-electron chi connectivity index (χ4n) is 2.24. The van der Waals surface area contributed by atoms with Crippen molar-refractivity contribution in [3.8, 4) is 0 Å². The zero-order chi connectivity index (χ0) is 16.6. The number of carbonyl (C=O) groups excluding carboxylic acids is 1. The normalized spacial score (nSPS) is 12.3. The van der Waals surface area contributed by atoms with Gasteiger partial charge in [-0.15, -0.1) is 11.3 Å². The molecule has 1 atom stereocenters. The van der Waals surface area contributed by atoms with E-state index in [-0.39, 0.29) is 11.9 Å². The topological polar surface area (TPSA) is 33.2 Å². The number of hydrogen-bond donors (Lipinski definition) is 0. The van der Waals surface area contributed by atoms with Gasteiger partial charge in [0.2, 0.25) is 0 Å². The van der Waals surface area contributed by atoms with Crippen LogP contribution in [0.25, 0.3) is 10.2 Å². The Labute approximate surface area is 148 Å². The van der Waals surface area contributed by atoms with Gasteiger partial charge < -0.3 is 4.90 Å². The van der Waals surface area contributed by atoms with Gasteiger partial charge in [-0.05, 0) is 37.3 Å². The van der Waals surface area contributed by atoms with Crippen LogP contribution in [0.1, 0.15) is 28.3 Å². The SMILES string of the molecule is CC(c1nc2ccccc2s1)N(C)C(=O)c1ccc(Cl)c(Cl)c1. The molecule has 0 saturated heterocycles. The first-order valence-corrected chi connectivity index (χ1v) is 8.62. The molecule has 0 fully saturated rings. The lowest BCUT2D eigenvalue weighted by atomic mass is 10.2. The molecule has 0 N–H and O–H groups in total. The molecule has 23 heavy (non-hydrogen) atoms. The van der Waals surface area contributed by atoms with Crippen molar-refractivity contribution in [2.75, 3.05) is 7.05 Å². The van der Waals surface area contributed by atoms with E-state index in [1.807, 2.05) is 31.2 Å². The zero-order valence-electron chi connectivity index (χ0n) is 12.6. The molecule has 3 aromatic rings. The van der Waals surface area contributed by atoms with Crippen LogP contribution < -0.4 is 0 Å². The first-order valence-electron chi connectivity index (χ1n) is 7.05. The van der Waals surface area contributed by atoms with Gasteiger partial charge >= 0.3 is 0 Å². The minimum atomic E-state index is -0.130. The third kappa shape index (κ3) is 3.20. The largest absolute Gasteiger partial charge is 0.333 e. The molecule has 0 spiro atoms. The molecule has 1 heterocycles. The lowest BCUT2D eigenvalue weighted by Gasteiger charge is -2.23. The van der Waals surface area contributed by atoms with Gasteiger partial charge in [-0.3, -0.25) is 4.79 Å². The number of para-hydroxylation sites is 1. The minimum absolute atomic E-state index is 0.115. The van der Waals surface area contributed by atoms with Gasteiger partial charge in [0.1, 0.15) is 5.01 Å². The number of thiazole rings is 1. The highest BCUT2D eigenvalue weighted by Crippen LogP contribution is 2.30. The lowest BCUT2D eigenvalue weighted by molar-refractivity contribution is 0.0742. The summed E-state index contributed by atoms with van der Waals surface area (Å²) in [6, 6.07) is 12.7. The van der Waals surface area contributed by atoms with Crippen LogP contribution in [-0.4, -0.2) is 22.8 Å². The fraction of sp³-hybridized carbons (Fsp3) is 0.176. The number of aromatic nitrogens is 1. The summed E-state index contributed by atoms with van der Waals surface area (Å²) >= 11 is 13.5. The number of halogens is 2. The van der Waals surface area contributed by atoms with Gasteiger partial charge in [0.05, 0.1) is 26.3 Å². The quantitative estimate of drug-likeness (QED) is 0.620. The van der Waals surface area contributed by atoms with E-state index in [1.165, 1.54) is 0 Å². The first-order chi connectivity index (χ1) is 11.0. The Hall–Kier alpha value is -1.62. The van der Waals surface area contributed by atoms with Crippen LogP contribution >= 0.6 is 34.5 Å². The maximum Gasteiger partial charge on any atom is 0.254 e. The van der Waals surface area contributed by atoms with E-state index in [4.69, 9.17) is 23.2 Å². The predicted molar refractivity (Wildman–Crippen MR) is 96.6 cm³/mol. The van der Waals surface area contributed by atoms with Crippen LogP contribution in [0.4, 0.5) is 0 Å². The molecule has 3 rings (SSSR count). The van der Waals surface area contributed by atoms with Crippen molar-refractivity contribution in [1.29, 1.82) is 0 Å². The molecule has 118 valence electrons. The second kappa shape index (κ2) is 6.48. The summed E-state index contributed by atoms with van der Waals surface area (Å²) in [4.78, 5) is 18.9. The first kappa shape index (κ1) is 16.2. The average Bonchev–Trinajstić information content (AvgIpc) is 2.99. The van der Waals surface area contributed by atoms with E-state index in [0.717, 1.165) is 15.2 Å². The molecule has 0 bridgehead atoms.